The maximum atomic E-state index is 9.51. The summed E-state index contributed by atoms with van der Waals surface area (Å²) in [5.74, 6) is 1.79. The lowest BCUT2D eigenvalue weighted by atomic mass is 9.34. The number of fused-ring (bicyclic) bond motifs is 7. The van der Waals surface area contributed by atoms with Crippen molar-refractivity contribution < 1.29 is 4.74 Å². The molecule has 51 heavy (non-hydrogen) atoms. The van der Waals surface area contributed by atoms with E-state index in [2.05, 4.69) is 153 Å². The Morgan fingerprint density at radius 2 is 1.22 bits per heavy atom. The highest BCUT2D eigenvalue weighted by atomic mass is 16.5. The van der Waals surface area contributed by atoms with E-state index in [1.165, 1.54) is 66.0 Å². The van der Waals surface area contributed by atoms with E-state index in [0.29, 0.717) is 5.56 Å². The minimum absolute atomic E-state index is 0.0145. The van der Waals surface area contributed by atoms with E-state index in [1.54, 1.807) is 0 Å². The molecule has 3 heterocycles. The lowest BCUT2D eigenvalue weighted by molar-refractivity contribution is 0.483. The monoisotopic (exact) mass is 652 g/mol. The predicted molar refractivity (Wildman–Crippen MR) is 212 cm³/mol. The van der Waals surface area contributed by atoms with E-state index in [1.807, 2.05) is 24.3 Å². The van der Waals surface area contributed by atoms with Gasteiger partial charge in [-0.15, -0.1) is 0 Å². The number of hydrogen-bond donors (Lipinski definition) is 0. The van der Waals surface area contributed by atoms with Crippen molar-refractivity contribution in [3.8, 4) is 56.6 Å². The van der Waals surface area contributed by atoms with Crippen LogP contribution in [0.1, 0.15) is 31.9 Å². The molecular weight excluding hydrogens is 619 g/mol. The van der Waals surface area contributed by atoms with Gasteiger partial charge in [-0.25, -0.2) is 0 Å². The Bertz CT molecular complexity index is 2750. The van der Waals surface area contributed by atoms with Crippen molar-refractivity contribution in [3.05, 3.63) is 157 Å². The van der Waals surface area contributed by atoms with Gasteiger partial charge in [-0.05, 0) is 109 Å². The summed E-state index contributed by atoms with van der Waals surface area (Å²) < 4.78 is 9.47. The topological polar surface area (TPSA) is 37.9 Å². The summed E-state index contributed by atoms with van der Waals surface area (Å²) in [6.45, 7) is 6.74. The Kier molecular flexibility index (Phi) is 6.29. The van der Waals surface area contributed by atoms with Crippen LogP contribution in [0.2, 0.25) is 0 Å². The fraction of sp³-hybridized carbons (Fsp3) is 0.0851. The van der Waals surface area contributed by atoms with Crippen molar-refractivity contribution in [3.63, 3.8) is 0 Å². The Hall–Kier alpha value is -6.31. The van der Waals surface area contributed by atoms with Crippen LogP contribution in [0.4, 0.5) is 0 Å². The number of rotatable bonds is 3. The highest BCUT2D eigenvalue weighted by molar-refractivity contribution is 6.99. The molecule has 4 heteroatoms. The molecule has 240 valence electrons. The van der Waals surface area contributed by atoms with Crippen LogP contribution in [-0.2, 0) is 5.41 Å². The number of nitrogens with zero attached hydrogens (tertiary/aromatic N) is 2. The smallest absolute Gasteiger partial charge is 0.256 e. The van der Waals surface area contributed by atoms with Crippen LogP contribution in [0.15, 0.2) is 146 Å². The molecule has 0 saturated heterocycles. The zero-order valence-electron chi connectivity index (χ0n) is 28.7. The lowest BCUT2D eigenvalue weighted by Crippen LogP contribution is -2.58. The molecule has 0 saturated carbocycles. The lowest BCUT2D eigenvalue weighted by Gasteiger charge is -2.35. The largest absolute Gasteiger partial charge is 0.458 e. The van der Waals surface area contributed by atoms with Crippen LogP contribution in [-0.4, -0.2) is 11.3 Å². The first-order valence-electron chi connectivity index (χ1n) is 17.6. The van der Waals surface area contributed by atoms with Gasteiger partial charge in [0.15, 0.2) is 0 Å². The second-order valence-corrected chi connectivity index (χ2v) is 14.9. The molecule has 2 aliphatic rings. The van der Waals surface area contributed by atoms with E-state index in [-0.39, 0.29) is 12.1 Å². The van der Waals surface area contributed by atoms with Gasteiger partial charge in [0.05, 0.1) is 17.1 Å². The molecule has 0 spiro atoms. The van der Waals surface area contributed by atoms with Gasteiger partial charge in [-0.3, -0.25) is 0 Å². The van der Waals surface area contributed by atoms with Crippen LogP contribution in [0.3, 0.4) is 0 Å². The predicted octanol–water partition coefficient (Wildman–Crippen LogP) is 9.89. The summed E-state index contributed by atoms with van der Waals surface area (Å²) >= 11 is 0. The zero-order valence-corrected chi connectivity index (χ0v) is 28.7. The summed E-state index contributed by atoms with van der Waals surface area (Å²) in [5, 5.41) is 12.0. The number of ether oxygens (including phenoxy) is 1. The number of nitriles is 1. The van der Waals surface area contributed by atoms with Gasteiger partial charge in [0.2, 0.25) is 0 Å². The molecule has 0 atom stereocenters. The van der Waals surface area contributed by atoms with E-state index >= 15 is 0 Å². The molecule has 0 unspecified atom stereocenters. The SMILES string of the molecule is CC(C)(C)c1ccc2c(c1)Oc1cc(-c3ccc(C#N)cc3)cc3c1B2c1cc(-c2ccccc2)cc2c4cc(-c5ccccc5)ccc4n-3c12. The molecule has 0 bridgehead atoms. The molecule has 7 aromatic carbocycles. The van der Waals surface area contributed by atoms with Gasteiger partial charge in [0.25, 0.3) is 6.71 Å². The molecule has 8 aromatic rings. The third kappa shape index (κ3) is 4.52. The Morgan fingerprint density at radius 3 is 1.92 bits per heavy atom. The minimum Gasteiger partial charge on any atom is -0.458 e. The number of benzene rings is 7. The average molecular weight is 653 g/mol. The van der Waals surface area contributed by atoms with Gasteiger partial charge < -0.3 is 9.30 Å². The molecule has 0 N–H and O–H groups in total. The Labute approximate surface area is 298 Å². The number of aromatic nitrogens is 1. The van der Waals surface area contributed by atoms with Gasteiger partial charge in [-0.2, -0.15) is 5.26 Å². The summed E-state index contributed by atoms with van der Waals surface area (Å²) in [5.41, 5.74) is 16.0. The molecule has 0 radical (unpaired) electrons. The van der Waals surface area contributed by atoms with E-state index in [9.17, 15) is 5.26 Å². The van der Waals surface area contributed by atoms with Crippen molar-refractivity contribution >= 4 is 44.9 Å². The first kappa shape index (κ1) is 29.6. The third-order valence-electron chi connectivity index (χ3n) is 10.8. The van der Waals surface area contributed by atoms with Gasteiger partial charge >= 0.3 is 0 Å². The summed E-state index contributed by atoms with van der Waals surface area (Å²) in [6, 6.07) is 54.6. The molecule has 1 aromatic heterocycles. The molecule has 10 rings (SSSR count). The molecule has 0 amide bonds. The normalized spacial score (nSPS) is 12.7. The minimum atomic E-state index is -0.0237. The van der Waals surface area contributed by atoms with Crippen LogP contribution in [0.25, 0.3) is 60.9 Å². The van der Waals surface area contributed by atoms with Crippen LogP contribution in [0, 0.1) is 11.3 Å². The second-order valence-electron chi connectivity index (χ2n) is 14.9. The van der Waals surface area contributed by atoms with E-state index in [0.717, 1.165) is 28.3 Å². The molecule has 0 fully saturated rings. The fourth-order valence-corrected chi connectivity index (χ4v) is 8.26. The fourth-order valence-electron chi connectivity index (χ4n) is 8.26. The highest BCUT2D eigenvalue weighted by Gasteiger charge is 2.41. The summed E-state index contributed by atoms with van der Waals surface area (Å²) in [6.07, 6.45) is 0. The van der Waals surface area contributed by atoms with Crippen molar-refractivity contribution in [2.75, 3.05) is 0 Å². The molecular formula is C47H33BN2O. The third-order valence-corrected chi connectivity index (χ3v) is 10.8. The van der Waals surface area contributed by atoms with E-state index in [4.69, 9.17) is 4.74 Å². The Morgan fingerprint density at radius 1 is 0.569 bits per heavy atom. The van der Waals surface area contributed by atoms with Crippen molar-refractivity contribution in [1.82, 2.24) is 4.57 Å². The van der Waals surface area contributed by atoms with Crippen LogP contribution >= 0.6 is 0 Å². The van der Waals surface area contributed by atoms with Crippen LogP contribution < -0.4 is 21.1 Å². The van der Waals surface area contributed by atoms with E-state index < -0.39 is 0 Å². The first-order valence-corrected chi connectivity index (χ1v) is 17.6. The van der Waals surface area contributed by atoms with Crippen molar-refractivity contribution in [2.24, 2.45) is 0 Å². The Balaban J connectivity index is 1.34. The zero-order chi connectivity index (χ0) is 34.4. The van der Waals surface area contributed by atoms with Gasteiger partial charge in [0, 0.05) is 22.0 Å². The van der Waals surface area contributed by atoms with Gasteiger partial charge in [-0.1, -0.05) is 118 Å². The molecule has 0 aliphatic carbocycles. The average Bonchev–Trinajstić information content (AvgIpc) is 3.50. The van der Waals surface area contributed by atoms with Crippen LogP contribution in [0.5, 0.6) is 11.5 Å². The van der Waals surface area contributed by atoms with Crippen molar-refractivity contribution in [2.45, 2.75) is 26.2 Å². The first-order chi connectivity index (χ1) is 24.9. The van der Waals surface area contributed by atoms with Gasteiger partial charge in [0.1, 0.15) is 11.5 Å². The quantitative estimate of drug-likeness (QED) is 0.178. The summed E-state index contributed by atoms with van der Waals surface area (Å²) in [7, 11) is 0. The molecule has 2 aliphatic heterocycles. The van der Waals surface area contributed by atoms with Crippen molar-refractivity contribution in [1.29, 1.82) is 5.26 Å². The maximum Gasteiger partial charge on any atom is 0.256 e. The second kappa shape index (κ2) is 10.8. The summed E-state index contributed by atoms with van der Waals surface area (Å²) in [4.78, 5) is 0. The maximum absolute atomic E-state index is 9.51. The number of hydrogen-bond acceptors (Lipinski definition) is 2. The highest BCUT2D eigenvalue weighted by Crippen LogP contribution is 2.42. The standard InChI is InChI=1S/C47H33BN2O/c1-47(2,3)36-19-20-39-43(27-36)51-44-26-35(32-16-14-29(28-49)15-17-32)25-42-45(44)48(39)40-24-34(31-12-8-5-9-13-31)23-38-37-22-33(30-10-6-4-7-11-30)18-21-41(37)50(42)46(38)40/h4-27H,1-3H3. The molecule has 3 nitrogen and oxygen atoms in total.